The third kappa shape index (κ3) is 4.18. The minimum absolute atomic E-state index is 0.0535. The number of rotatable bonds is 4. The SMILES string of the molecule is CC(C)(C#N)CCCN1C(=O)CCCCC1=O. The van der Waals surface area contributed by atoms with E-state index < -0.39 is 0 Å². The second kappa shape index (κ2) is 5.81. The van der Waals surface area contributed by atoms with Gasteiger partial charge in [-0.2, -0.15) is 5.26 Å². The van der Waals surface area contributed by atoms with E-state index in [0.717, 1.165) is 12.8 Å². The Balaban J connectivity index is 2.47. The smallest absolute Gasteiger partial charge is 0.229 e. The van der Waals surface area contributed by atoms with Crippen LogP contribution < -0.4 is 0 Å². The molecule has 0 aromatic heterocycles. The summed E-state index contributed by atoms with van der Waals surface area (Å²) in [5, 5.41) is 8.88. The van der Waals surface area contributed by atoms with Gasteiger partial charge in [0.2, 0.25) is 11.8 Å². The van der Waals surface area contributed by atoms with Gasteiger partial charge in [0.05, 0.1) is 11.5 Å². The fraction of sp³-hybridized carbons (Fsp3) is 0.769. The van der Waals surface area contributed by atoms with Crippen LogP contribution in [-0.4, -0.2) is 23.3 Å². The number of carbonyl (C=O) groups excluding carboxylic acids is 2. The zero-order valence-corrected chi connectivity index (χ0v) is 10.7. The molecule has 0 spiro atoms. The van der Waals surface area contributed by atoms with Crippen LogP contribution in [0.1, 0.15) is 52.4 Å². The van der Waals surface area contributed by atoms with Gasteiger partial charge in [0, 0.05) is 19.4 Å². The highest BCUT2D eigenvalue weighted by atomic mass is 16.2. The van der Waals surface area contributed by atoms with Crippen LogP contribution >= 0.6 is 0 Å². The predicted molar refractivity (Wildman–Crippen MR) is 63.8 cm³/mol. The van der Waals surface area contributed by atoms with Crippen molar-refractivity contribution in [3.05, 3.63) is 0 Å². The third-order valence-electron chi connectivity index (χ3n) is 3.12. The van der Waals surface area contributed by atoms with E-state index in [4.69, 9.17) is 5.26 Å². The maximum atomic E-state index is 11.7. The lowest BCUT2D eigenvalue weighted by molar-refractivity contribution is -0.143. The maximum absolute atomic E-state index is 11.7. The molecule has 94 valence electrons. The molecule has 1 saturated heterocycles. The second-order valence-electron chi connectivity index (χ2n) is 5.25. The van der Waals surface area contributed by atoms with E-state index in [2.05, 4.69) is 6.07 Å². The quantitative estimate of drug-likeness (QED) is 0.703. The molecule has 1 aliphatic rings. The van der Waals surface area contributed by atoms with E-state index in [1.165, 1.54) is 4.90 Å². The second-order valence-corrected chi connectivity index (χ2v) is 5.25. The molecule has 1 fully saturated rings. The van der Waals surface area contributed by atoms with Crippen molar-refractivity contribution in [1.82, 2.24) is 4.90 Å². The van der Waals surface area contributed by atoms with Crippen LogP contribution in [0.3, 0.4) is 0 Å². The van der Waals surface area contributed by atoms with Crippen molar-refractivity contribution in [3.63, 3.8) is 0 Å². The minimum atomic E-state index is -0.377. The van der Waals surface area contributed by atoms with Crippen molar-refractivity contribution < 1.29 is 9.59 Å². The molecule has 1 aliphatic heterocycles. The first-order valence-electron chi connectivity index (χ1n) is 6.21. The molecule has 0 atom stereocenters. The molecule has 0 unspecified atom stereocenters. The number of amides is 2. The summed E-state index contributed by atoms with van der Waals surface area (Å²) >= 11 is 0. The molecule has 0 bridgehead atoms. The Morgan fingerprint density at radius 2 is 1.76 bits per heavy atom. The molecule has 0 aliphatic carbocycles. The fourth-order valence-electron chi connectivity index (χ4n) is 1.95. The number of hydrogen-bond acceptors (Lipinski definition) is 3. The lowest BCUT2D eigenvalue weighted by atomic mass is 9.90. The van der Waals surface area contributed by atoms with E-state index in [1.807, 2.05) is 13.8 Å². The van der Waals surface area contributed by atoms with Gasteiger partial charge in [0.25, 0.3) is 0 Å². The van der Waals surface area contributed by atoms with Crippen molar-refractivity contribution in [2.24, 2.45) is 5.41 Å². The summed E-state index contributed by atoms with van der Waals surface area (Å²) in [6, 6.07) is 2.23. The highest BCUT2D eigenvalue weighted by Crippen LogP contribution is 2.21. The molecular weight excluding hydrogens is 216 g/mol. The normalized spacial score (nSPS) is 17.8. The molecule has 0 aromatic carbocycles. The lowest BCUT2D eigenvalue weighted by Gasteiger charge is -2.21. The average Bonchev–Trinajstić information content (AvgIpc) is 2.43. The highest BCUT2D eigenvalue weighted by Gasteiger charge is 2.24. The largest absolute Gasteiger partial charge is 0.283 e. The Labute approximate surface area is 103 Å². The number of carbonyl (C=O) groups is 2. The van der Waals surface area contributed by atoms with Gasteiger partial charge >= 0.3 is 0 Å². The van der Waals surface area contributed by atoms with Crippen molar-refractivity contribution >= 4 is 11.8 Å². The molecule has 4 nitrogen and oxygen atoms in total. The molecule has 0 N–H and O–H groups in total. The fourth-order valence-corrected chi connectivity index (χ4v) is 1.95. The number of nitriles is 1. The Morgan fingerprint density at radius 3 is 2.24 bits per heavy atom. The number of likely N-dealkylation sites (tertiary alicyclic amines) is 1. The summed E-state index contributed by atoms with van der Waals surface area (Å²) in [4.78, 5) is 24.8. The van der Waals surface area contributed by atoms with E-state index in [0.29, 0.717) is 32.2 Å². The first-order valence-corrected chi connectivity index (χ1v) is 6.21. The molecule has 4 heteroatoms. The number of imide groups is 1. The van der Waals surface area contributed by atoms with Crippen LogP contribution in [0.15, 0.2) is 0 Å². The molecule has 0 radical (unpaired) electrons. The minimum Gasteiger partial charge on any atom is -0.283 e. The van der Waals surface area contributed by atoms with Crippen molar-refractivity contribution in [2.75, 3.05) is 6.54 Å². The lowest BCUT2D eigenvalue weighted by Crippen LogP contribution is -2.36. The Morgan fingerprint density at radius 1 is 1.24 bits per heavy atom. The molecule has 0 aromatic rings. The standard InChI is InChI=1S/C13H20N2O2/c1-13(2,10-14)8-5-9-15-11(16)6-3-4-7-12(15)17/h3-9H2,1-2H3. The summed E-state index contributed by atoms with van der Waals surface area (Å²) in [5.41, 5.74) is -0.377. The Kier molecular flexibility index (Phi) is 4.68. The third-order valence-corrected chi connectivity index (χ3v) is 3.12. The van der Waals surface area contributed by atoms with Crippen LogP contribution in [0.5, 0.6) is 0 Å². The number of nitrogens with zero attached hydrogens (tertiary/aromatic N) is 2. The van der Waals surface area contributed by atoms with Crippen LogP contribution in [-0.2, 0) is 9.59 Å². The number of hydrogen-bond donors (Lipinski definition) is 0. The Bertz CT molecular complexity index is 324. The molecule has 1 heterocycles. The van der Waals surface area contributed by atoms with Gasteiger partial charge < -0.3 is 0 Å². The van der Waals surface area contributed by atoms with Crippen molar-refractivity contribution in [2.45, 2.75) is 52.4 Å². The summed E-state index contributed by atoms with van der Waals surface area (Å²) < 4.78 is 0. The summed E-state index contributed by atoms with van der Waals surface area (Å²) in [7, 11) is 0. The molecule has 0 saturated carbocycles. The van der Waals surface area contributed by atoms with E-state index in [9.17, 15) is 9.59 Å². The monoisotopic (exact) mass is 236 g/mol. The van der Waals surface area contributed by atoms with E-state index in [-0.39, 0.29) is 17.2 Å². The van der Waals surface area contributed by atoms with Gasteiger partial charge in [-0.1, -0.05) is 0 Å². The molecule has 17 heavy (non-hydrogen) atoms. The molecular formula is C13H20N2O2. The summed E-state index contributed by atoms with van der Waals surface area (Å²) in [5.74, 6) is -0.107. The molecule has 2 amide bonds. The summed E-state index contributed by atoms with van der Waals surface area (Å²) in [6.45, 7) is 4.21. The maximum Gasteiger partial charge on any atom is 0.229 e. The van der Waals surface area contributed by atoms with E-state index >= 15 is 0 Å². The molecule has 1 rings (SSSR count). The first kappa shape index (κ1) is 13.7. The van der Waals surface area contributed by atoms with Crippen LogP contribution in [0, 0.1) is 16.7 Å². The van der Waals surface area contributed by atoms with Crippen LogP contribution in [0.4, 0.5) is 0 Å². The zero-order valence-electron chi connectivity index (χ0n) is 10.7. The zero-order chi connectivity index (χ0) is 12.9. The van der Waals surface area contributed by atoms with Gasteiger partial charge in [-0.25, -0.2) is 0 Å². The average molecular weight is 236 g/mol. The van der Waals surface area contributed by atoms with Gasteiger partial charge in [0.15, 0.2) is 0 Å². The van der Waals surface area contributed by atoms with Crippen LogP contribution in [0.25, 0.3) is 0 Å². The predicted octanol–water partition coefficient (Wildman–Crippen LogP) is 2.25. The van der Waals surface area contributed by atoms with E-state index in [1.54, 1.807) is 0 Å². The van der Waals surface area contributed by atoms with Crippen LogP contribution in [0.2, 0.25) is 0 Å². The summed E-state index contributed by atoms with van der Waals surface area (Å²) in [6.07, 6.45) is 3.99. The first-order chi connectivity index (χ1) is 7.96. The van der Waals surface area contributed by atoms with Crippen molar-refractivity contribution in [3.8, 4) is 6.07 Å². The highest BCUT2D eigenvalue weighted by molar-refractivity contribution is 5.95. The van der Waals surface area contributed by atoms with Gasteiger partial charge in [0.1, 0.15) is 0 Å². The van der Waals surface area contributed by atoms with Gasteiger partial charge in [-0.15, -0.1) is 0 Å². The van der Waals surface area contributed by atoms with Gasteiger partial charge in [-0.3, -0.25) is 14.5 Å². The van der Waals surface area contributed by atoms with Crippen molar-refractivity contribution in [1.29, 1.82) is 5.26 Å². The topological polar surface area (TPSA) is 61.2 Å². The Hall–Kier alpha value is -1.37. The van der Waals surface area contributed by atoms with Gasteiger partial charge in [-0.05, 0) is 39.5 Å².